The summed E-state index contributed by atoms with van der Waals surface area (Å²) in [6, 6.07) is 17.3. The smallest absolute Gasteiger partial charge is 0.119 e. The maximum Gasteiger partial charge on any atom is 0.119 e. The minimum atomic E-state index is 0.809. The molecule has 1 saturated heterocycles. The van der Waals surface area contributed by atoms with Crippen LogP contribution >= 0.6 is 0 Å². The Morgan fingerprint density at radius 2 is 1.86 bits per heavy atom. The summed E-state index contributed by atoms with van der Waals surface area (Å²) in [5, 5.41) is 4.71. The molecule has 1 aliphatic carbocycles. The summed E-state index contributed by atoms with van der Waals surface area (Å²) in [4.78, 5) is 4.97. The van der Waals surface area contributed by atoms with Crippen molar-refractivity contribution in [2.24, 2.45) is 5.92 Å². The third kappa shape index (κ3) is 4.02. The molecule has 0 amide bonds. The molecule has 0 spiro atoms. The second kappa shape index (κ2) is 8.54. The fourth-order valence-corrected chi connectivity index (χ4v) is 4.94. The van der Waals surface area contributed by atoms with Crippen LogP contribution in [0.5, 0.6) is 5.75 Å². The molecule has 2 aliphatic rings. The van der Waals surface area contributed by atoms with Crippen molar-refractivity contribution < 1.29 is 4.74 Å². The van der Waals surface area contributed by atoms with E-state index >= 15 is 0 Å². The summed E-state index contributed by atoms with van der Waals surface area (Å²) in [7, 11) is 0. The molecule has 1 aromatic heterocycles. The Bertz CT molecular complexity index is 974. The van der Waals surface area contributed by atoms with Gasteiger partial charge in [0.25, 0.3) is 0 Å². The SMILES string of the molecule is c1ccc2c(-c3ccc(OCCCC4CCNC4)cc3)c3c(nc2c1)CCCC3. The maximum absolute atomic E-state index is 6.02. The molecule has 1 fully saturated rings. The van der Waals surface area contributed by atoms with Crippen molar-refractivity contribution in [2.45, 2.75) is 44.9 Å². The van der Waals surface area contributed by atoms with Crippen molar-refractivity contribution in [1.29, 1.82) is 0 Å². The molecule has 0 bridgehead atoms. The number of nitrogens with one attached hydrogen (secondary N) is 1. The summed E-state index contributed by atoms with van der Waals surface area (Å²) < 4.78 is 6.02. The largest absolute Gasteiger partial charge is 0.494 e. The number of aryl methyl sites for hydroxylation is 1. The second-order valence-electron chi connectivity index (χ2n) is 8.51. The fourth-order valence-electron chi connectivity index (χ4n) is 4.94. The zero-order valence-electron chi connectivity index (χ0n) is 17.1. The van der Waals surface area contributed by atoms with Gasteiger partial charge in [-0.05, 0) is 98.8 Å². The minimum Gasteiger partial charge on any atom is -0.494 e. The Hall–Kier alpha value is -2.39. The summed E-state index contributed by atoms with van der Waals surface area (Å²) in [5.41, 5.74) is 6.53. The fraction of sp³-hybridized carbons (Fsp3) is 0.423. The van der Waals surface area contributed by atoms with Crippen LogP contribution in [0.25, 0.3) is 22.0 Å². The van der Waals surface area contributed by atoms with E-state index in [1.54, 1.807) is 0 Å². The van der Waals surface area contributed by atoms with Crippen molar-refractivity contribution in [3.63, 3.8) is 0 Å². The third-order valence-electron chi connectivity index (χ3n) is 6.50. The van der Waals surface area contributed by atoms with Gasteiger partial charge in [-0.3, -0.25) is 4.98 Å². The monoisotopic (exact) mass is 386 g/mol. The standard InChI is InChI=1S/C26H30N2O/c1-3-9-24-22(7-1)26(23-8-2-4-10-25(23)28-24)20-11-13-21(14-12-20)29-17-5-6-19-15-16-27-18-19/h1,3,7,9,11-14,19,27H,2,4-6,8,10,15-18H2. The first-order chi connectivity index (χ1) is 14.4. The van der Waals surface area contributed by atoms with Crippen molar-refractivity contribution in [1.82, 2.24) is 10.3 Å². The number of pyridine rings is 1. The number of rotatable bonds is 6. The quantitative estimate of drug-likeness (QED) is 0.564. The lowest BCUT2D eigenvalue weighted by Crippen LogP contribution is -2.10. The van der Waals surface area contributed by atoms with Gasteiger partial charge >= 0.3 is 0 Å². The molecule has 5 rings (SSSR count). The average Bonchev–Trinajstić information content (AvgIpc) is 3.29. The first-order valence-electron chi connectivity index (χ1n) is 11.2. The van der Waals surface area contributed by atoms with E-state index in [9.17, 15) is 0 Å². The van der Waals surface area contributed by atoms with Crippen molar-refractivity contribution >= 4 is 10.9 Å². The lowest BCUT2D eigenvalue weighted by Gasteiger charge is -2.21. The van der Waals surface area contributed by atoms with Crippen LogP contribution in [0.1, 0.15) is 43.4 Å². The van der Waals surface area contributed by atoms with Crippen molar-refractivity contribution in [3.05, 3.63) is 59.8 Å². The van der Waals surface area contributed by atoms with Crippen molar-refractivity contribution in [2.75, 3.05) is 19.7 Å². The molecule has 3 aromatic rings. The van der Waals surface area contributed by atoms with E-state index in [-0.39, 0.29) is 0 Å². The maximum atomic E-state index is 6.02. The molecule has 150 valence electrons. The Morgan fingerprint density at radius 1 is 1.00 bits per heavy atom. The Labute approximate surface area is 173 Å². The van der Waals surface area contributed by atoms with Gasteiger partial charge in [-0.25, -0.2) is 0 Å². The highest BCUT2D eigenvalue weighted by Crippen LogP contribution is 2.37. The normalized spacial score (nSPS) is 18.7. The number of ether oxygens (including phenoxy) is 1. The molecule has 1 unspecified atom stereocenters. The zero-order chi connectivity index (χ0) is 19.5. The minimum absolute atomic E-state index is 0.809. The highest BCUT2D eigenvalue weighted by atomic mass is 16.5. The lowest BCUT2D eigenvalue weighted by molar-refractivity contribution is 0.295. The molecular formula is C26H30N2O. The van der Waals surface area contributed by atoms with Gasteiger partial charge in [-0.15, -0.1) is 0 Å². The van der Waals surface area contributed by atoms with Gasteiger partial charge in [-0.2, -0.15) is 0 Å². The Kier molecular flexibility index (Phi) is 5.49. The van der Waals surface area contributed by atoms with Crippen LogP contribution < -0.4 is 10.1 Å². The van der Waals surface area contributed by atoms with Gasteiger partial charge in [0.1, 0.15) is 5.75 Å². The molecule has 1 aliphatic heterocycles. The third-order valence-corrected chi connectivity index (χ3v) is 6.50. The van der Waals surface area contributed by atoms with Crippen LogP contribution in [0.4, 0.5) is 0 Å². The van der Waals surface area contributed by atoms with E-state index in [0.29, 0.717) is 0 Å². The number of nitrogens with zero attached hydrogens (tertiary/aromatic N) is 1. The average molecular weight is 387 g/mol. The van der Waals surface area contributed by atoms with Crippen LogP contribution in [0.2, 0.25) is 0 Å². The molecule has 1 N–H and O–H groups in total. The zero-order valence-corrected chi connectivity index (χ0v) is 17.1. The molecular weight excluding hydrogens is 356 g/mol. The van der Waals surface area contributed by atoms with Crippen LogP contribution in [-0.4, -0.2) is 24.7 Å². The molecule has 2 aromatic carbocycles. The number of para-hydroxylation sites is 1. The van der Waals surface area contributed by atoms with E-state index in [0.717, 1.165) is 43.1 Å². The number of benzene rings is 2. The number of hydrogen-bond acceptors (Lipinski definition) is 3. The van der Waals surface area contributed by atoms with E-state index in [4.69, 9.17) is 9.72 Å². The molecule has 3 heteroatoms. The van der Waals surface area contributed by atoms with E-state index in [1.807, 2.05) is 0 Å². The molecule has 0 radical (unpaired) electrons. The molecule has 2 heterocycles. The summed E-state index contributed by atoms with van der Waals surface area (Å²) >= 11 is 0. The van der Waals surface area contributed by atoms with E-state index in [2.05, 4.69) is 53.8 Å². The van der Waals surface area contributed by atoms with E-state index < -0.39 is 0 Å². The van der Waals surface area contributed by atoms with Gasteiger partial charge in [0.05, 0.1) is 12.1 Å². The molecule has 0 saturated carbocycles. The number of hydrogen-bond donors (Lipinski definition) is 1. The van der Waals surface area contributed by atoms with Crippen molar-refractivity contribution in [3.8, 4) is 16.9 Å². The topological polar surface area (TPSA) is 34.1 Å². The van der Waals surface area contributed by atoms with Gasteiger partial charge in [0.2, 0.25) is 0 Å². The first kappa shape index (κ1) is 18.6. The van der Waals surface area contributed by atoms with Gasteiger partial charge in [0, 0.05) is 11.1 Å². The summed E-state index contributed by atoms with van der Waals surface area (Å²) in [6.07, 6.45) is 8.47. The highest BCUT2D eigenvalue weighted by molar-refractivity contribution is 5.96. The predicted octanol–water partition coefficient (Wildman–Crippen LogP) is 5.55. The highest BCUT2D eigenvalue weighted by Gasteiger charge is 2.19. The summed E-state index contributed by atoms with van der Waals surface area (Å²) in [6.45, 7) is 3.17. The number of fused-ring (bicyclic) bond motifs is 2. The van der Waals surface area contributed by atoms with Crippen LogP contribution in [-0.2, 0) is 12.8 Å². The Balaban J connectivity index is 1.35. The molecule has 29 heavy (non-hydrogen) atoms. The molecule has 3 nitrogen and oxygen atoms in total. The van der Waals surface area contributed by atoms with E-state index in [1.165, 1.54) is 66.5 Å². The summed E-state index contributed by atoms with van der Waals surface area (Å²) in [5.74, 6) is 1.82. The van der Waals surface area contributed by atoms with Gasteiger partial charge in [-0.1, -0.05) is 30.3 Å². The lowest BCUT2D eigenvalue weighted by atomic mass is 9.87. The van der Waals surface area contributed by atoms with Gasteiger partial charge in [0.15, 0.2) is 0 Å². The first-order valence-corrected chi connectivity index (χ1v) is 11.2. The predicted molar refractivity (Wildman–Crippen MR) is 120 cm³/mol. The molecule has 1 atom stereocenters. The second-order valence-corrected chi connectivity index (χ2v) is 8.51. The Morgan fingerprint density at radius 3 is 2.72 bits per heavy atom. The van der Waals surface area contributed by atoms with Crippen LogP contribution in [0, 0.1) is 5.92 Å². The van der Waals surface area contributed by atoms with Crippen LogP contribution in [0.3, 0.4) is 0 Å². The van der Waals surface area contributed by atoms with Gasteiger partial charge < -0.3 is 10.1 Å². The number of aromatic nitrogens is 1. The van der Waals surface area contributed by atoms with Crippen LogP contribution in [0.15, 0.2) is 48.5 Å².